The highest BCUT2D eigenvalue weighted by atomic mass is 32.2. The summed E-state index contributed by atoms with van der Waals surface area (Å²) in [7, 11) is 0. The molecular weight excluding hydrogens is 206 g/mol. The molecule has 1 aromatic rings. The Morgan fingerprint density at radius 3 is 2.87 bits per heavy atom. The van der Waals surface area contributed by atoms with Crippen molar-refractivity contribution in [3.8, 4) is 0 Å². The number of furan rings is 1. The van der Waals surface area contributed by atoms with E-state index in [-0.39, 0.29) is 0 Å². The molecule has 0 aromatic carbocycles. The van der Waals surface area contributed by atoms with Gasteiger partial charge in [0.15, 0.2) is 0 Å². The second-order valence-electron chi connectivity index (χ2n) is 3.92. The van der Waals surface area contributed by atoms with Gasteiger partial charge in [0.2, 0.25) is 0 Å². The minimum atomic E-state index is 0.516. The molecule has 0 aliphatic heterocycles. The molecule has 1 aromatic heterocycles. The van der Waals surface area contributed by atoms with E-state index in [1.807, 2.05) is 13.0 Å². The number of rotatable bonds is 6. The van der Waals surface area contributed by atoms with Crippen LogP contribution in [0, 0.1) is 6.92 Å². The first-order chi connectivity index (χ1) is 7.09. The van der Waals surface area contributed by atoms with E-state index >= 15 is 0 Å². The van der Waals surface area contributed by atoms with Crippen molar-refractivity contribution < 1.29 is 4.42 Å². The lowest BCUT2D eigenvalue weighted by Crippen LogP contribution is -2.25. The number of nitrogens with one attached hydrogen (secondary N) is 1. The summed E-state index contributed by atoms with van der Waals surface area (Å²) in [6, 6.07) is 2.52. The first-order valence-electron chi connectivity index (χ1n) is 5.16. The van der Waals surface area contributed by atoms with E-state index in [4.69, 9.17) is 4.42 Å². The van der Waals surface area contributed by atoms with E-state index in [0.29, 0.717) is 6.04 Å². The summed E-state index contributed by atoms with van der Waals surface area (Å²) in [6.45, 7) is 11.2. The summed E-state index contributed by atoms with van der Waals surface area (Å²) in [5.74, 6) is 1.93. The van der Waals surface area contributed by atoms with Gasteiger partial charge in [-0.15, -0.1) is 11.8 Å². The fraction of sp³-hybridized carbons (Fsp3) is 0.500. The van der Waals surface area contributed by atoms with Crippen molar-refractivity contribution in [2.24, 2.45) is 0 Å². The van der Waals surface area contributed by atoms with Crippen molar-refractivity contribution in [3.63, 3.8) is 0 Å². The molecule has 1 N–H and O–H groups in total. The molecule has 0 bridgehead atoms. The van der Waals surface area contributed by atoms with Crippen molar-refractivity contribution in [1.29, 1.82) is 0 Å². The third-order valence-electron chi connectivity index (χ3n) is 2.00. The van der Waals surface area contributed by atoms with Crippen molar-refractivity contribution in [2.45, 2.75) is 31.7 Å². The molecule has 15 heavy (non-hydrogen) atoms. The molecule has 0 saturated carbocycles. The van der Waals surface area contributed by atoms with Crippen LogP contribution in [0.5, 0.6) is 0 Å². The predicted molar refractivity (Wildman–Crippen MR) is 66.4 cm³/mol. The molecule has 0 atom stereocenters. The average Bonchev–Trinajstić information content (AvgIpc) is 2.58. The zero-order valence-corrected chi connectivity index (χ0v) is 10.5. The van der Waals surface area contributed by atoms with Gasteiger partial charge in [-0.25, -0.2) is 0 Å². The molecule has 0 spiro atoms. The smallest absolute Gasteiger partial charge is 0.114 e. The third-order valence-corrected chi connectivity index (χ3v) is 3.29. The van der Waals surface area contributed by atoms with Crippen LogP contribution in [0.25, 0.3) is 0 Å². The normalized spacial score (nSPS) is 10.9. The lowest BCUT2D eigenvalue weighted by Gasteiger charge is -2.09. The monoisotopic (exact) mass is 225 g/mol. The maximum absolute atomic E-state index is 5.23. The number of hydrogen-bond acceptors (Lipinski definition) is 3. The quantitative estimate of drug-likeness (QED) is 0.594. The van der Waals surface area contributed by atoms with Gasteiger partial charge in [0.05, 0.1) is 6.26 Å². The molecule has 2 nitrogen and oxygen atoms in total. The number of aryl methyl sites for hydroxylation is 1. The summed E-state index contributed by atoms with van der Waals surface area (Å²) >= 11 is 1.78. The maximum Gasteiger partial charge on any atom is 0.114 e. The van der Waals surface area contributed by atoms with Crippen LogP contribution in [0.15, 0.2) is 33.8 Å². The van der Waals surface area contributed by atoms with Crippen molar-refractivity contribution in [2.75, 3.05) is 12.3 Å². The predicted octanol–water partition coefficient (Wildman–Crippen LogP) is 3.23. The molecule has 1 rings (SSSR count). The second-order valence-corrected chi connectivity index (χ2v) is 4.93. The highest BCUT2D eigenvalue weighted by molar-refractivity contribution is 7.99. The van der Waals surface area contributed by atoms with Crippen LogP contribution in [-0.2, 0) is 0 Å². The summed E-state index contributed by atoms with van der Waals surface area (Å²) in [5, 5.41) is 3.35. The maximum atomic E-state index is 5.23. The summed E-state index contributed by atoms with van der Waals surface area (Å²) < 4.78 is 5.23. The number of thioether (sulfide) groups is 1. The lowest BCUT2D eigenvalue weighted by atomic mass is 10.3. The van der Waals surface area contributed by atoms with Gasteiger partial charge in [0.25, 0.3) is 0 Å². The van der Waals surface area contributed by atoms with Gasteiger partial charge >= 0.3 is 0 Å². The van der Waals surface area contributed by atoms with Crippen LogP contribution in [0.1, 0.15) is 19.6 Å². The van der Waals surface area contributed by atoms with E-state index < -0.39 is 0 Å². The minimum absolute atomic E-state index is 0.516. The fourth-order valence-corrected chi connectivity index (χ4v) is 1.97. The highest BCUT2D eigenvalue weighted by Gasteiger charge is 2.03. The fourth-order valence-electron chi connectivity index (χ4n) is 1.10. The molecule has 84 valence electrons. The molecule has 1 heterocycles. The number of hydrogen-bond donors (Lipinski definition) is 1. The van der Waals surface area contributed by atoms with Gasteiger partial charge in [-0.05, 0) is 13.0 Å². The molecule has 0 fully saturated rings. The molecule has 0 saturated heterocycles. The molecule has 0 amide bonds. The van der Waals surface area contributed by atoms with Crippen LogP contribution < -0.4 is 5.32 Å². The van der Waals surface area contributed by atoms with E-state index in [1.165, 1.54) is 10.5 Å². The summed E-state index contributed by atoms with van der Waals surface area (Å²) in [5.41, 5.74) is 1.22. The van der Waals surface area contributed by atoms with Gasteiger partial charge < -0.3 is 9.73 Å². The zero-order chi connectivity index (χ0) is 11.3. The Kier molecular flexibility index (Phi) is 4.99. The van der Waals surface area contributed by atoms with Crippen LogP contribution >= 0.6 is 11.8 Å². The topological polar surface area (TPSA) is 25.2 Å². The van der Waals surface area contributed by atoms with Gasteiger partial charge in [-0.2, -0.15) is 0 Å². The van der Waals surface area contributed by atoms with Crippen molar-refractivity contribution in [1.82, 2.24) is 5.32 Å². The molecule has 0 radical (unpaired) electrons. The Hall–Kier alpha value is -0.670. The molecule has 3 heteroatoms. The summed E-state index contributed by atoms with van der Waals surface area (Å²) in [6.07, 6.45) is 1.73. The molecule has 0 aliphatic carbocycles. The van der Waals surface area contributed by atoms with Crippen molar-refractivity contribution in [3.05, 3.63) is 30.2 Å². The third kappa shape index (κ3) is 4.58. The Balaban J connectivity index is 2.26. The van der Waals surface area contributed by atoms with Crippen molar-refractivity contribution >= 4 is 11.8 Å². The average molecular weight is 225 g/mol. The summed E-state index contributed by atoms with van der Waals surface area (Å²) in [4.78, 5) is 1.21. The van der Waals surface area contributed by atoms with E-state index in [9.17, 15) is 0 Å². The second kappa shape index (κ2) is 6.03. The van der Waals surface area contributed by atoms with Gasteiger partial charge in [-0.3, -0.25) is 0 Å². The Bertz CT molecular complexity index is 317. The van der Waals surface area contributed by atoms with Crippen LogP contribution in [0.3, 0.4) is 0 Å². The van der Waals surface area contributed by atoms with Gasteiger partial charge in [0, 0.05) is 23.2 Å². The van der Waals surface area contributed by atoms with E-state index in [1.54, 1.807) is 18.0 Å². The molecular formula is C12H19NOS. The molecule has 0 aliphatic rings. The highest BCUT2D eigenvalue weighted by Crippen LogP contribution is 2.24. The van der Waals surface area contributed by atoms with Gasteiger partial charge in [0.1, 0.15) is 5.76 Å². The zero-order valence-electron chi connectivity index (χ0n) is 9.67. The van der Waals surface area contributed by atoms with Crippen LogP contribution in [0.4, 0.5) is 0 Å². The van der Waals surface area contributed by atoms with E-state index in [0.717, 1.165) is 18.1 Å². The minimum Gasteiger partial charge on any atom is -0.468 e. The van der Waals surface area contributed by atoms with Gasteiger partial charge in [-0.1, -0.05) is 26.0 Å². The Morgan fingerprint density at radius 1 is 1.60 bits per heavy atom. The molecule has 0 unspecified atom stereocenters. The lowest BCUT2D eigenvalue weighted by molar-refractivity contribution is 0.527. The Labute approximate surface area is 96.1 Å². The SMILES string of the molecule is C=C(CNC(C)C)CSc1ccoc1C. The van der Waals surface area contributed by atoms with E-state index in [2.05, 4.69) is 25.7 Å². The Morgan fingerprint density at radius 2 is 2.33 bits per heavy atom. The van der Waals surface area contributed by atoms with Crippen LogP contribution in [-0.4, -0.2) is 18.3 Å². The largest absolute Gasteiger partial charge is 0.468 e. The first-order valence-corrected chi connectivity index (χ1v) is 6.15. The van der Waals surface area contributed by atoms with Crippen LogP contribution in [0.2, 0.25) is 0 Å². The first kappa shape index (κ1) is 12.4. The standard InChI is InChI=1S/C12H19NOS/c1-9(2)13-7-10(3)8-15-12-5-6-14-11(12)4/h5-6,9,13H,3,7-8H2,1-2,4H3.